The number of para-hydroxylation sites is 2. The largest absolute Gasteiger partial charge is 0.324 e. The van der Waals surface area contributed by atoms with E-state index < -0.39 is 6.04 Å². The minimum atomic E-state index is -0.782. The van der Waals surface area contributed by atoms with Crippen LogP contribution < -0.4 is 16.2 Å². The first-order valence-electron chi connectivity index (χ1n) is 11.6. The van der Waals surface area contributed by atoms with Crippen LogP contribution >= 0.6 is 11.3 Å². The molecule has 1 atom stereocenters. The van der Waals surface area contributed by atoms with E-state index in [1.807, 2.05) is 50.2 Å². The van der Waals surface area contributed by atoms with Crippen LogP contribution in [-0.2, 0) is 17.6 Å². The second-order valence-corrected chi connectivity index (χ2v) is 9.34. The zero-order chi connectivity index (χ0) is 25.1. The fourth-order valence-electron chi connectivity index (χ4n) is 4.10. The van der Waals surface area contributed by atoms with Crippen LogP contribution in [0.15, 0.2) is 59.7 Å². The van der Waals surface area contributed by atoms with Gasteiger partial charge in [-0.3, -0.25) is 19.0 Å². The molecule has 1 unspecified atom stereocenters. The molecule has 2 aromatic heterocycles. The van der Waals surface area contributed by atoms with Crippen LogP contribution in [0.5, 0.6) is 0 Å². The molecule has 8 heteroatoms. The van der Waals surface area contributed by atoms with Gasteiger partial charge in [-0.15, -0.1) is 11.3 Å². The molecule has 0 bridgehead atoms. The van der Waals surface area contributed by atoms with Crippen molar-refractivity contribution in [3.8, 4) is 0 Å². The second kappa shape index (κ2) is 10.2. The lowest BCUT2D eigenvalue weighted by molar-refractivity contribution is -0.118. The molecule has 35 heavy (non-hydrogen) atoms. The van der Waals surface area contributed by atoms with Gasteiger partial charge in [-0.05, 0) is 55.5 Å². The highest BCUT2D eigenvalue weighted by molar-refractivity contribution is 7.20. The summed E-state index contributed by atoms with van der Waals surface area (Å²) < 4.78 is 1.33. The Balaban J connectivity index is 1.65. The van der Waals surface area contributed by atoms with Crippen molar-refractivity contribution in [3.63, 3.8) is 0 Å². The number of fused-ring (bicyclic) bond motifs is 1. The van der Waals surface area contributed by atoms with Crippen molar-refractivity contribution in [2.75, 3.05) is 10.6 Å². The molecule has 0 fully saturated rings. The van der Waals surface area contributed by atoms with Gasteiger partial charge in [0.1, 0.15) is 10.9 Å². The number of hydrogen-bond donors (Lipinski definition) is 2. The lowest BCUT2D eigenvalue weighted by Crippen LogP contribution is -2.32. The van der Waals surface area contributed by atoms with Crippen molar-refractivity contribution >= 4 is 44.7 Å². The number of anilines is 2. The molecule has 0 aliphatic rings. The SMILES string of the molecule is CCc1cccc(CC)c1NC(=O)C(C)n1cnc2sc(C(=O)Nc3ccccc3)c(C)c2c1=O. The first kappa shape index (κ1) is 24.3. The number of thiophene rings is 1. The average Bonchev–Trinajstić information content (AvgIpc) is 3.21. The van der Waals surface area contributed by atoms with Gasteiger partial charge in [-0.1, -0.05) is 50.2 Å². The number of benzene rings is 2. The molecule has 4 rings (SSSR count). The minimum absolute atomic E-state index is 0.293. The number of nitrogens with zero attached hydrogens (tertiary/aromatic N) is 2. The highest BCUT2D eigenvalue weighted by Crippen LogP contribution is 2.28. The predicted molar refractivity (Wildman–Crippen MR) is 142 cm³/mol. The summed E-state index contributed by atoms with van der Waals surface area (Å²) in [4.78, 5) is 44.8. The van der Waals surface area contributed by atoms with Crippen molar-refractivity contribution in [2.45, 2.75) is 46.6 Å². The summed E-state index contributed by atoms with van der Waals surface area (Å²) in [5, 5.41) is 6.25. The first-order chi connectivity index (χ1) is 16.8. The zero-order valence-corrected chi connectivity index (χ0v) is 21.0. The maximum atomic E-state index is 13.4. The van der Waals surface area contributed by atoms with E-state index >= 15 is 0 Å². The Morgan fingerprint density at radius 3 is 2.29 bits per heavy atom. The number of carbonyl (C=O) groups is 2. The molecule has 2 aromatic carbocycles. The number of amides is 2. The van der Waals surface area contributed by atoms with Gasteiger partial charge in [0.2, 0.25) is 5.91 Å². The van der Waals surface area contributed by atoms with Crippen molar-refractivity contribution in [1.82, 2.24) is 9.55 Å². The zero-order valence-electron chi connectivity index (χ0n) is 20.2. The number of hydrogen-bond acceptors (Lipinski definition) is 5. The predicted octanol–water partition coefficient (Wildman–Crippen LogP) is 5.34. The Hall–Kier alpha value is -3.78. The highest BCUT2D eigenvalue weighted by atomic mass is 32.1. The molecule has 4 aromatic rings. The highest BCUT2D eigenvalue weighted by Gasteiger charge is 2.24. The number of nitrogens with one attached hydrogen (secondary N) is 2. The Morgan fingerprint density at radius 2 is 1.66 bits per heavy atom. The molecule has 2 N–H and O–H groups in total. The molecule has 0 spiro atoms. The van der Waals surface area contributed by atoms with E-state index in [1.54, 1.807) is 26.0 Å². The summed E-state index contributed by atoms with van der Waals surface area (Å²) in [6.07, 6.45) is 2.95. The minimum Gasteiger partial charge on any atom is -0.324 e. The topological polar surface area (TPSA) is 93.1 Å². The Morgan fingerprint density at radius 1 is 1.00 bits per heavy atom. The van der Waals surface area contributed by atoms with E-state index in [0.29, 0.717) is 26.3 Å². The molecular weight excluding hydrogens is 460 g/mol. The van der Waals surface area contributed by atoms with Gasteiger partial charge in [0, 0.05) is 11.4 Å². The third-order valence-corrected chi connectivity index (χ3v) is 7.36. The van der Waals surface area contributed by atoms with E-state index in [0.717, 1.165) is 29.7 Å². The quantitative estimate of drug-likeness (QED) is 0.367. The Kier molecular flexibility index (Phi) is 7.12. The molecule has 0 saturated carbocycles. The van der Waals surface area contributed by atoms with Crippen LogP contribution in [0.3, 0.4) is 0 Å². The molecule has 2 heterocycles. The fourth-order valence-corrected chi connectivity index (χ4v) is 5.13. The molecule has 0 aliphatic heterocycles. The Labute approximate surface area is 207 Å². The van der Waals surface area contributed by atoms with Gasteiger partial charge in [0.15, 0.2) is 0 Å². The first-order valence-corrected chi connectivity index (χ1v) is 12.5. The maximum absolute atomic E-state index is 13.4. The normalized spacial score (nSPS) is 11.9. The molecule has 0 aliphatic carbocycles. The lowest BCUT2D eigenvalue weighted by Gasteiger charge is -2.18. The van der Waals surface area contributed by atoms with Gasteiger partial charge >= 0.3 is 0 Å². The van der Waals surface area contributed by atoms with E-state index in [-0.39, 0.29) is 17.4 Å². The standard InChI is InChI=1S/C27H28N4O3S/c1-5-18-11-10-12-19(6-2)22(18)30-24(32)17(4)31-15-28-26-21(27(31)34)16(3)23(35-26)25(33)29-20-13-8-7-9-14-20/h7-15,17H,5-6H2,1-4H3,(H,29,33)(H,30,32). The molecular formula is C27H28N4O3S. The second-order valence-electron chi connectivity index (χ2n) is 8.34. The van der Waals surface area contributed by atoms with Crippen molar-refractivity contribution in [3.05, 3.63) is 86.8 Å². The van der Waals surface area contributed by atoms with E-state index in [1.165, 1.54) is 22.2 Å². The number of carbonyl (C=O) groups excluding carboxylic acids is 2. The van der Waals surface area contributed by atoms with Crippen molar-refractivity contribution in [2.24, 2.45) is 0 Å². The molecule has 0 saturated heterocycles. The molecule has 0 radical (unpaired) electrons. The summed E-state index contributed by atoms with van der Waals surface area (Å²) in [5.74, 6) is -0.588. The van der Waals surface area contributed by atoms with Crippen LogP contribution in [0, 0.1) is 6.92 Å². The van der Waals surface area contributed by atoms with E-state index in [2.05, 4.69) is 15.6 Å². The molecule has 180 valence electrons. The number of aromatic nitrogens is 2. The van der Waals surface area contributed by atoms with Crippen LogP contribution in [0.25, 0.3) is 10.2 Å². The third-order valence-electron chi connectivity index (χ3n) is 6.16. The van der Waals surface area contributed by atoms with Crippen molar-refractivity contribution in [1.29, 1.82) is 0 Å². The third kappa shape index (κ3) is 4.74. The van der Waals surface area contributed by atoms with Crippen LogP contribution in [-0.4, -0.2) is 21.4 Å². The summed E-state index contributed by atoms with van der Waals surface area (Å²) in [6.45, 7) is 7.50. The monoisotopic (exact) mass is 488 g/mol. The van der Waals surface area contributed by atoms with Crippen LogP contribution in [0.1, 0.15) is 53.2 Å². The van der Waals surface area contributed by atoms with Gasteiger partial charge in [-0.2, -0.15) is 0 Å². The van der Waals surface area contributed by atoms with Gasteiger partial charge in [0.25, 0.3) is 11.5 Å². The Bertz CT molecular complexity index is 1430. The summed E-state index contributed by atoms with van der Waals surface area (Å²) >= 11 is 1.17. The van der Waals surface area contributed by atoms with Gasteiger partial charge in [0.05, 0.1) is 16.6 Å². The van der Waals surface area contributed by atoms with Crippen LogP contribution in [0.4, 0.5) is 11.4 Å². The summed E-state index contributed by atoms with van der Waals surface area (Å²) in [7, 11) is 0. The summed E-state index contributed by atoms with van der Waals surface area (Å²) in [6, 6.07) is 14.3. The van der Waals surface area contributed by atoms with Crippen LogP contribution in [0.2, 0.25) is 0 Å². The molecule has 2 amide bonds. The van der Waals surface area contributed by atoms with Gasteiger partial charge < -0.3 is 10.6 Å². The van der Waals surface area contributed by atoms with E-state index in [4.69, 9.17) is 0 Å². The number of aryl methyl sites for hydroxylation is 3. The summed E-state index contributed by atoms with van der Waals surface area (Å²) in [5.41, 5.74) is 3.79. The average molecular weight is 489 g/mol. The van der Waals surface area contributed by atoms with E-state index in [9.17, 15) is 14.4 Å². The fraction of sp³-hybridized carbons (Fsp3) is 0.259. The smallest absolute Gasteiger partial charge is 0.266 e. The molecule has 7 nitrogen and oxygen atoms in total. The lowest BCUT2D eigenvalue weighted by atomic mass is 10.0. The van der Waals surface area contributed by atoms with Gasteiger partial charge in [-0.25, -0.2) is 4.98 Å². The number of rotatable bonds is 7. The maximum Gasteiger partial charge on any atom is 0.266 e. The van der Waals surface area contributed by atoms with Crippen molar-refractivity contribution < 1.29 is 9.59 Å².